The van der Waals surface area contributed by atoms with E-state index in [1.54, 1.807) is 0 Å². The van der Waals surface area contributed by atoms with E-state index in [1.807, 2.05) is 0 Å². The third-order valence-corrected chi connectivity index (χ3v) is 5.33. The molecule has 1 unspecified atom stereocenters. The fourth-order valence-corrected chi connectivity index (χ4v) is 3.44. The van der Waals surface area contributed by atoms with Crippen molar-refractivity contribution in [1.82, 2.24) is 10.2 Å². The minimum Gasteiger partial charge on any atom is -0.316 e. The van der Waals surface area contributed by atoms with Gasteiger partial charge in [0.05, 0.1) is 0 Å². The second-order valence-electron chi connectivity index (χ2n) is 6.47. The van der Waals surface area contributed by atoms with Gasteiger partial charge in [0.1, 0.15) is 0 Å². The first-order valence-electron chi connectivity index (χ1n) is 8.62. The van der Waals surface area contributed by atoms with Crippen LogP contribution in [0.25, 0.3) is 0 Å². The molecule has 114 valence electrons. The van der Waals surface area contributed by atoms with Crippen molar-refractivity contribution in [3.05, 3.63) is 0 Å². The second-order valence-corrected chi connectivity index (χ2v) is 6.47. The van der Waals surface area contributed by atoms with Crippen LogP contribution >= 0.6 is 0 Å². The van der Waals surface area contributed by atoms with E-state index in [0.717, 1.165) is 12.5 Å². The molecule has 0 aliphatic carbocycles. The van der Waals surface area contributed by atoms with Crippen molar-refractivity contribution in [2.45, 2.75) is 66.2 Å². The van der Waals surface area contributed by atoms with Gasteiger partial charge in [0.2, 0.25) is 0 Å². The van der Waals surface area contributed by atoms with Gasteiger partial charge in [-0.2, -0.15) is 0 Å². The molecule has 0 spiro atoms. The van der Waals surface area contributed by atoms with Gasteiger partial charge in [-0.3, -0.25) is 0 Å². The SMILES string of the molecule is CCNCC(CC)(CC)CN1CCCC(CC)CC1. The van der Waals surface area contributed by atoms with E-state index in [-0.39, 0.29) is 0 Å². The van der Waals surface area contributed by atoms with E-state index in [1.165, 1.54) is 64.7 Å². The zero-order chi connectivity index (χ0) is 14.1. The molecule has 1 heterocycles. The Kier molecular flexibility index (Phi) is 8.01. The van der Waals surface area contributed by atoms with Crippen molar-refractivity contribution in [2.24, 2.45) is 11.3 Å². The number of nitrogens with one attached hydrogen (secondary N) is 1. The summed E-state index contributed by atoms with van der Waals surface area (Å²) < 4.78 is 0. The van der Waals surface area contributed by atoms with Crippen LogP contribution in [0.3, 0.4) is 0 Å². The summed E-state index contributed by atoms with van der Waals surface area (Å²) in [7, 11) is 0. The predicted molar refractivity (Wildman–Crippen MR) is 85.6 cm³/mol. The van der Waals surface area contributed by atoms with Crippen molar-refractivity contribution in [3.8, 4) is 0 Å². The molecular weight excluding hydrogens is 232 g/mol. The number of hydrogen-bond acceptors (Lipinski definition) is 2. The average molecular weight is 268 g/mol. The number of likely N-dealkylation sites (tertiary alicyclic amines) is 1. The molecule has 0 aromatic heterocycles. The Labute approximate surface area is 121 Å². The first-order valence-corrected chi connectivity index (χ1v) is 8.62. The maximum Gasteiger partial charge on any atom is 0.00499 e. The minimum absolute atomic E-state index is 0.488. The summed E-state index contributed by atoms with van der Waals surface area (Å²) in [6, 6.07) is 0. The normalized spacial score (nSPS) is 22.4. The lowest BCUT2D eigenvalue weighted by Gasteiger charge is -2.37. The van der Waals surface area contributed by atoms with Crippen LogP contribution in [0.1, 0.15) is 66.2 Å². The molecule has 1 rings (SSSR count). The Bertz CT molecular complexity index is 223. The molecular formula is C17H36N2. The van der Waals surface area contributed by atoms with Crippen molar-refractivity contribution >= 4 is 0 Å². The van der Waals surface area contributed by atoms with E-state index in [4.69, 9.17) is 0 Å². The zero-order valence-electron chi connectivity index (χ0n) is 13.8. The van der Waals surface area contributed by atoms with Gasteiger partial charge in [-0.15, -0.1) is 0 Å². The highest BCUT2D eigenvalue weighted by atomic mass is 15.1. The molecule has 1 aliphatic heterocycles. The fourth-order valence-electron chi connectivity index (χ4n) is 3.44. The molecule has 0 amide bonds. The molecule has 0 radical (unpaired) electrons. The summed E-state index contributed by atoms with van der Waals surface area (Å²) in [5, 5.41) is 3.59. The van der Waals surface area contributed by atoms with E-state index in [2.05, 4.69) is 37.9 Å². The van der Waals surface area contributed by atoms with Gasteiger partial charge >= 0.3 is 0 Å². The van der Waals surface area contributed by atoms with Gasteiger partial charge in [-0.1, -0.05) is 34.1 Å². The van der Waals surface area contributed by atoms with Crippen LogP contribution in [-0.4, -0.2) is 37.6 Å². The van der Waals surface area contributed by atoms with E-state index < -0.39 is 0 Å². The zero-order valence-corrected chi connectivity index (χ0v) is 13.8. The van der Waals surface area contributed by atoms with Crippen molar-refractivity contribution in [3.63, 3.8) is 0 Å². The van der Waals surface area contributed by atoms with E-state index in [9.17, 15) is 0 Å². The highest BCUT2D eigenvalue weighted by Crippen LogP contribution is 2.29. The molecule has 1 N–H and O–H groups in total. The van der Waals surface area contributed by atoms with Crippen LogP contribution in [0.5, 0.6) is 0 Å². The topological polar surface area (TPSA) is 15.3 Å². The van der Waals surface area contributed by atoms with Gasteiger partial charge in [-0.25, -0.2) is 0 Å². The van der Waals surface area contributed by atoms with Crippen LogP contribution in [0, 0.1) is 11.3 Å². The Morgan fingerprint density at radius 3 is 2.37 bits per heavy atom. The molecule has 2 nitrogen and oxygen atoms in total. The van der Waals surface area contributed by atoms with Crippen molar-refractivity contribution in [1.29, 1.82) is 0 Å². The quantitative estimate of drug-likeness (QED) is 0.718. The summed E-state index contributed by atoms with van der Waals surface area (Å²) in [5.74, 6) is 0.983. The maximum absolute atomic E-state index is 3.59. The van der Waals surface area contributed by atoms with Gasteiger partial charge in [0, 0.05) is 13.1 Å². The third kappa shape index (κ3) is 5.43. The van der Waals surface area contributed by atoms with Gasteiger partial charge in [0.25, 0.3) is 0 Å². The summed E-state index contributed by atoms with van der Waals surface area (Å²) in [5.41, 5.74) is 0.488. The van der Waals surface area contributed by atoms with Gasteiger partial charge in [0.15, 0.2) is 0 Å². The molecule has 0 saturated carbocycles. The van der Waals surface area contributed by atoms with Crippen LogP contribution in [0.2, 0.25) is 0 Å². The molecule has 0 aromatic rings. The lowest BCUT2D eigenvalue weighted by atomic mass is 9.81. The Balaban J connectivity index is 2.53. The molecule has 0 aromatic carbocycles. The van der Waals surface area contributed by atoms with Crippen molar-refractivity contribution in [2.75, 3.05) is 32.7 Å². The lowest BCUT2D eigenvalue weighted by molar-refractivity contribution is 0.137. The Hall–Kier alpha value is -0.0800. The largest absolute Gasteiger partial charge is 0.316 e. The van der Waals surface area contributed by atoms with Crippen LogP contribution in [0.4, 0.5) is 0 Å². The van der Waals surface area contributed by atoms with E-state index in [0.29, 0.717) is 5.41 Å². The first-order chi connectivity index (χ1) is 9.19. The Morgan fingerprint density at radius 1 is 1.05 bits per heavy atom. The van der Waals surface area contributed by atoms with Crippen LogP contribution < -0.4 is 5.32 Å². The third-order valence-electron chi connectivity index (χ3n) is 5.33. The second kappa shape index (κ2) is 8.97. The monoisotopic (exact) mass is 268 g/mol. The van der Waals surface area contributed by atoms with Gasteiger partial charge in [-0.05, 0) is 63.1 Å². The average Bonchev–Trinajstić information content (AvgIpc) is 2.68. The molecule has 1 aliphatic rings. The van der Waals surface area contributed by atoms with Crippen molar-refractivity contribution < 1.29 is 0 Å². The summed E-state index contributed by atoms with van der Waals surface area (Å²) in [6.07, 6.45) is 8.24. The molecule has 1 saturated heterocycles. The molecule has 19 heavy (non-hydrogen) atoms. The molecule has 0 bridgehead atoms. The number of nitrogens with zero attached hydrogens (tertiary/aromatic N) is 1. The highest BCUT2D eigenvalue weighted by molar-refractivity contribution is 4.84. The number of rotatable bonds is 8. The fraction of sp³-hybridized carbons (Fsp3) is 1.00. The molecule has 2 heteroatoms. The Morgan fingerprint density at radius 2 is 1.79 bits per heavy atom. The van der Waals surface area contributed by atoms with Gasteiger partial charge < -0.3 is 10.2 Å². The lowest BCUT2D eigenvalue weighted by Crippen LogP contribution is -2.44. The molecule has 1 fully saturated rings. The predicted octanol–water partition coefficient (Wildman–Crippen LogP) is 3.91. The minimum atomic E-state index is 0.488. The summed E-state index contributed by atoms with van der Waals surface area (Å²) in [4.78, 5) is 2.75. The summed E-state index contributed by atoms with van der Waals surface area (Å²) >= 11 is 0. The van der Waals surface area contributed by atoms with Crippen LogP contribution in [0.15, 0.2) is 0 Å². The van der Waals surface area contributed by atoms with E-state index >= 15 is 0 Å². The first kappa shape index (κ1) is 17.0. The smallest absolute Gasteiger partial charge is 0.00499 e. The standard InChI is InChI=1S/C17H36N2/c1-5-16-10-9-12-19(13-11-16)15-17(6-2,7-3)14-18-8-4/h16,18H,5-15H2,1-4H3. The van der Waals surface area contributed by atoms with Crippen LogP contribution in [-0.2, 0) is 0 Å². The number of hydrogen-bond donors (Lipinski definition) is 1. The highest BCUT2D eigenvalue weighted by Gasteiger charge is 2.29. The molecule has 1 atom stereocenters. The summed E-state index contributed by atoms with van der Waals surface area (Å²) in [6.45, 7) is 15.5. The maximum atomic E-state index is 3.59.